The molecule has 0 unspecified atom stereocenters. The van der Waals surface area contributed by atoms with Crippen LogP contribution in [0.15, 0.2) is 60.7 Å². The van der Waals surface area contributed by atoms with Crippen LogP contribution in [0.2, 0.25) is 0 Å². The fourth-order valence-electron chi connectivity index (χ4n) is 5.94. The van der Waals surface area contributed by atoms with Crippen LogP contribution in [0.5, 0.6) is 0 Å². The zero-order chi connectivity index (χ0) is 23.2. The summed E-state index contributed by atoms with van der Waals surface area (Å²) in [5, 5.41) is 6.89. The van der Waals surface area contributed by atoms with Gasteiger partial charge in [-0.25, -0.2) is 0 Å². The van der Waals surface area contributed by atoms with Crippen molar-refractivity contribution in [1.29, 1.82) is 0 Å². The van der Waals surface area contributed by atoms with E-state index in [4.69, 9.17) is 9.90 Å². The summed E-state index contributed by atoms with van der Waals surface area (Å²) >= 11 is 0. The van der Waals surface area contributed by atoms with E-state index < -0.39 is 0 Å². The predicted octanol–water partition coefficient (Wildman–Crippen LogP) is 3.16. The van der Waals surface area contributed by atoms with Gasteiger partial charge in [0.25, 0.3) is 6.47 Å². The third kappa shape index (κ3) is 5.45. The molecular weight excluding hydrogens is 414 g/mol. The minimum Gasteiger partial charge on any atom is -0.483 e. The Kier molecular flexibility index (Phi) is 7.78. The number of piperidine rings is 1. The molecule has 1 N–H and O–H groups in total. The van der Waals surface area contributed by atoms with E-state index in [1.54, 1.807) is 0 Å². The minimum atomic E-state index is -0.250. The zero-order valence-electron chi connectivity index (χ0n) is 19.4. The van der Waals surface area contributed by atoms with Gasteiger partial charge in [0.15, 0.2) is 0 Å². The van der Waals surface area contributed by atoms with Gasteiger partial charge in [-0.05, 0) is 50.0 Å². The summed E-state index contributed by atoms with van der Waals surface area (Å²) in [6.45, 7) is 5.35. The van der Waals surface area contributed by atoms with E-state index in [9.17, 15) is 4.79 Å². The summed E-state index contributed by atoms with van der Waals surface area (Å²) in [4.78, 5) is 29.1. The number of rotatable bonds is 4. The standard InChI is InChI=1S/C26H33N3O.CH2O2/c1-27-14-12-23(13-15-27)28-17-22-18-29(25(30)16-20-8-4-2-5-9-20)26(24(22)19-28)21-10-6-3-7-11-21;2-1-3/h2-11,22-24,26H,12-19H2,1H3;1H,(H,2,3)/t22-,24-,26+;/m0./s1. The Morgan fingerprint density at radius 2 is 1.58 bits per heavy atom. The van der Waals surface area contributed by atoms with Crippen LogP contribution in [-0.2, 0) is 16.0 Å². The lowest BCUT2D eigenvalue weighted by molar-refractivity contribution is -0.132. The third-order valence-corrected chi connectivity index (χ3v) is 7.56. The van der Waals surface area contributed by atoms with E-state index in [0.717, 1.165) is 31.2 Å². The monoisotopic (exact) mass is 449 g/mol. The highest BCUT2D eigenvalue weighted by Gasteiger charge is 2.50. The Morgan fingerprint density at radius 1 is 0.970 bits per heavy atom. The Labute approximate surface area is 196 Å². The van der Waals surface area contributed by atoms with Crippen molar-refractivity contribution in [2.75, 3.05) is 39.8 Å². The molecule has 2 aromatic carbocycles. The quantitative estimate of drug-likeness (QED) is 0.727. The fraction of sp³-hybridized carbons (Fsp3) is 0.481. The molecule has 5 rings (SSSR count). The molecule has 3 aliphatic rings. The smallest absolute Gasteiger partial charge is 0.290 e. The number of carbonyl (C=O) groups excluding carboxylic acids is 1. The molecule has 2 aromatic rings. The lowest BCUT2D eigenvalue weighted by Gasteiger charge is -2.37. The van der Waals surface area contributed by atoms with Gasteiger partial charge in [-0.15, -0.1) is 0 Å². The first-order valence-corrected chi connectivity index (χ1v) is 12.0. The first-order valence-electron chi connectivity index (χ1n) is 12.0. The van der Waals surface area contributed by atoms with E-state index >= 15 is 0 Å². The van der Waals surface area contributed by atoms with Crippen LogP contribution in [0.4, 0.5) is 0 Å². The molecule has 0 saturated carbocycles. The van der Waals surface area contributed by atoms with E-state index in [1.807, 2.05) is 18.2 Å². The summed E-state index contributed by atoms with van der Waals surface area (Å²) < 4.78 is 0. The Balaban J connectivity index is 0.000000821. The van der Waals surface area contributed by atoms with Crippen LogP contribution in [0, 0.1) is 11.8 Å². The van der Waals surface area contributed by atoms with E-state index in [-0.39, 0.29) is 18.4 Å². The topological polar surface area (TPSA) is 64.1 Å². The maximum Gasteiger partial charge on any atom is 0.290 e. The van der Waals surface area contributed by atoms with Gasteiger partial charge >= 0.3 is 0 Å². The van der Waals surface area contributed by atoms with E-state index in [2.05, 4.69) is 64.2 Å². The normalized spacial score (nSPS) is 25.8. The fourth-order valence-corrected chi connectivity index (χ4v) is 5.94. The molecule has 33 heavy (non-hydrogen) atoms. The van der Waals surface area contributed by atoms with Crippen LogP contribution < -0.4 is 0 Å². The molecule has 3 saturated heterocycles. The highest BCUT2D eigenvalue weighted by molar-refractivity contribution is 5.79. The molecule has 0 bridgehead atoms. The first kappa shape index (κ1) is 23.5. The summed E-state index contributed by atoms with van der Waals surface area (Å²) in [6, 6.07) is 21.9. The van der Waals surface area contributed by atoms with Gasteiger partial charge in [0, 0.05) is 31.6 Å². The number of nitrogens with zero attached hydrogens (tertiary/aromatic N) is 3. The lowest BCUT2D eigenvalue weighted by Crippen LogP contribution is -2.44. The van der Waals surface area contributed by atoms with E-state index in [0.29, 0.717) is 18.3 Å². The molecule has 3 heterocycles. The number of hydrogen-bond donors (Lipinski definition) is 1. The largest absolute Gasteiger partial charge is 0.483 e. The van der Waals surface area contributed by atoms with E-state index in [1.165, 1.54) is 31.5 Å². The molecule has 176 valence electrons. The molecule has 3 atom stereocenters. The molecule has 1 amide bonds. The van der Waals surface area contributed by atoms with Crippen molar-refractivity contribution in [2.24, 2.45) is 11.8 Å². The number of carboxylic acid groups (broad SMARTS) is 1. The second kappa shape index (κ2) is 10.9. The van der Waals surface area contributed by atoms with Crippen LogP contribution in [0.25, 0.3) is 0 Å². The molecule has 6 heteroatoms. The molecule has 0 spiro atoms. The van der Waals surface area contributed by atoms with Crippen molar-refractivity contribution in [3.8, 4) is 0 Å². The van der Waals surface area contributed by atoms with Crippen LogP contribution in [0.3, 0.4) is 0 Å². The van der Waals surface area contributed by atoms with Crippen molar-refractivity contribution in [1.82, 2.24) is 14.7 Å². The molecule has 0 radical (unpaired) electrons. The summed E-state index contributed by atoms with van der Waals surface area (Å²) in [7, 11) is 2.23. The second-order valence-corrected chi connectivity index (χ2v) is 9.58. The van der Waals surface area contributed by atoms with Gasteiger partial charge in [-0.1, -0.05) is 60.7 Å². The van der Waals surface area contributed by atoms with Crippen molar-refractivity contribution in [3.63, 3.8) is 0 Å². The van der Waals surface area contributed by atoms with Gasteiger partial charge in [0.2, 0.25) is 5.91 Å². The van der Waals surface area contributed by atoms with Crippen molar-refractivity contribution in [2.45, 2.75) is 31.3 Å². The number of fused-ring (bicyclic) bond motifs is 1. The highest BCUT2D eigenvalue weighted by atomic mass is 16.3. The number of benzene rings is 2. The number of carbonyl (C=O) groups is 2. The highest BCUT2D eigenvalue weighted by Crippen LogP contribution is 2.46. The Bertz CT molecular complexity index is 899. The molecule has 0 aromatic heterocycles. The van der Waals surface area contributed by atoms with Crippen LogP contribution >= 0.6 is 0 Å². The average molecular weight is 450 g/mol. The lowest BCUT2D eigenvalue weighted by atomic mass is 9.89. The SMILES string of the molecule is CN1CCC(N2C[C@H]3CN(C(=O)Cc4ccccc4)[C@H](c4ccccc4)[C@H]3C2)CC1.O=CO. The molecule has 3 fully saturated rings. The maximum absolute atomic E-state index is 13.4. The summed E-state index contributed by atoms with van der Waals surface area (Å²) in [5.41, 5.74) is 2.41. The summed E-state index contributed by atoms with van der Waals surface area (Å²) in [6.07, 6.45) is 3.06. The first-order chi connectivity index (χ1) is 16.1. The Morgan fingerprint density at radius 3 is 2.21 bits per heavy atom. The third-order valence-electron chi connectivity index (χ3n) is 7.56. The van der Waals surface area contributed by atoms with Gasteiger partial charge in [0.05, 0.1) is 12.5 Å². The van der Waals surface area contributed by atoms with Crippen LogP contribution in [-0.4, -0.2) is 78.0 Å². The molecule has 6 nitrogen and oxygen atoms in total. The molecular formula is C27H35N3O3. The van der Waals surface area contributed by atoms with Gasteiger partial charge in [-0.2, -0.15) is 0 Å². The molecule has 3 aliphatic heterocycles. The van der Waals surface area contributed by atoms with Crippen molar-refractivity contribution >= 4 is 12.4 Å². The molecule has 0 aliphatic carbocycles. The van der Waals surface area contributed by atoms with Gasteiger partial charge in [-0.3, -0.25) is 14.5 Å². The summed E-state index contributed by atoms with van der Waals surface area (Å²) in [5.74, 6) is 1.41. The van der Waals surface area contributed by atoms with Gasteiger partial charge < -0.3 is 14.9 Å². The van der Waals surface area contributed by atoms with Crippen molar-refractivity contribution in [3.05, 3.63) is 71.8 Å². The van der Waals surface area contributed by atoms with Gasteiger partial charge in [0.1, 0.15) is 0 Å². The second-order valence-electron chi connectivity index (χ2n) is 9.58. The number of amides is 1. The average Bonchev–Trinajstić information content (AvgIpc) is 3.40. The minimum absolute atomic E-state index is 0.212. The number of likely N-dealkylation sites (tertiary alicyclic amines) is 3. The maximum atomic E-state index is 13.4. The van der Waals surface area contributed by atoms with Crippen molar-refractivity contribution < 1.29 is 14.7 Å². The number of hydrogen-bond acceptors (Lipinski definition) is 4. The predicted molar refractivity (Wildman–Crippen MR) is 129 cm³/mol. The Hall–Kier alpha value is -2.70. The van der Waals surface area contributed by atoms with Crippen LogP contribution in [0.1, 0.15) is 30.0 Å². The zero-order valence-corrected chi connectivity index (χ0v) is 19.4.